The van der Waals surface area contributed by atoms with E-state index in [2.05, 4.69) is 10.3 Å². The second kappa shape index (κ2) is 6.75. The summed E-state index contributed by atoms with van der Waals surface area (Å²) < 4.78 is 6.25. The zero-order valence-corrected chi connectivity index (χ0v) is 12.4. The molecule has 1 aromatic carbocycles. The van der Waals surface area contributed by atoms with Gasteiger partial charge in [-0.15, -0.1) is 0 Å². The smallest absolute Gasteiger partial charge is 0.323 e. The number of hydrogen-bond acceptors (Lipinski definition) is 5. The van der Waals surface area contributed by atoms with Gasteiger partial charge in [0.2, 0.25) is 0 Å². The molecule has 0 amide bonds. The van der Waals surface area contributed by atoms with E-state index < -0.39 is 11.5 Å². The summed E-state index contributed by atoms with van der Waals surface area (Å²) in [6.07, 6.45) is 1.47. The van der Waals surface area contributed by atoms with E-state index in [-0.39, 0.29) is 12.4 Å². The van der Waals surface area contributed by atoms with Gasteiger partial charge in [-0.3, -0.25) is 14.2 Å². The lowest BCUT2D eigenvalue weighted by Gasteiger charge is -2.10. The normalized spacial score (nSPS) is 10.3. The first-order valence-corrected chi connectivity index (χ1v) is 6.66. The van der Waals surface area contributed by atoms with Crippen LogP contribution in [0.3, 0.4) is 0 Å². The summed E-state index contributed by atoms with van der Waals surface area (Å²) in [5.41, 5.74) is 1.01. The van der Waals surface area contributed by atoms with Crippen LogP contribution in [0.4, 0.5) is 5.82 Å². The van der Waals surface area contributed by atoms with Gasteiger partial charge in [0.15, 0.2) is 5.82 Å². The molecule has 7 nitrogen and oxygen atoms in total. The van der Waals surface area contributed by atoms with E-state index in [1.807, 2.05) is 24.3 Å². The van der Waals surface area contributed by atoms with E-state index in [1.54, 1.807) is 14.0 Å². The van der Waals surface area contributed by atoms with Crippen LogP contribution >= 0.6 is 0 Å². The van der Waals surface area contributed by atoms with E-state index >= 15 is 0 Å². The molecule has 1 heterocycles. The van der Waals surface area contributed by atoms with Gasteiger partial charge in [0.05, 0.1) is 7.11 Å². The average molecular weight is 303 g/mol. The van der Waals surface area contributed by atoms with Crippen LogP contribution in [0.2, 0.25) is 0 Å². The third-order valence-electron chi connectivity index (χ3n) is 3.17. The highest BCUT2D eigenvalue weighted by atomic mass is 16.5. The fourth-order valence-electron chi connectivity index (χ4n) is 1.95. The highest BCUT2D eigenvalue weighted by molar-refractivity contribution is 5.66. The van der Waals surface area contributed by atoms with Gasteiger partial charge in [0.1, 0.15) is 12.3 Å². The summed E-state index contributed by atoms with van der Waals surface area (Å²) in [6, 6.07) is 7.39. The molecule has 0 radical (unpaired) electrons. The van der Waals surface area contributed by atoms with Crippen molar-refractivity contribution in [2.24, 2.45) is 0 Å². The summed E-state index contributed by atoms with van der Waals surface area (Å²) in [4.78, 5) is 27.0. The van der Waals surface area contributed by atoms with Crippen molar-refractivity contribution >= 4 is 11.8 Å². The second-order valence-electron chi connectivity index (χ2n) is 4.73. The number of nitrogens with zero attached hydrogens (tertiary/aromatic N) is 2. The molecule has 2 aromatic rings. The molecule has 0 spiro atoms. The van der Waals surface area contributed by atoms with Crippen molar-refractivity contribution in [1.29, 1.82) is 0 Å². The number of aromatic nitrogens is 2. The lowest BCUT2D eigenvalue weighted by molar-refractivity contribution is -0.137. The summed E-state index contributed by atoms with van der Waals surface area (Å²) in [7, 11) is 1.59. The van der Waals surface area contributed by atoms with Gasteiger partial charge in [0, 0.05) is 18.4 Å². The molecule has 0 saturated carbocycles. The number of benzene rings is 1. The molecule has 0 aliphatic rings. The molecule has 0 aliphatic heterocycles. The van der Waals surface area contributed by atoms with Crippen molar-refractivity contribution in [3.05, 3.63) is 52.1 Å². The third kappa shape index (κ3) is 3.63. The first kappa shape index (κ1) is 15.6. The van der Waals surface area contributed by atoms with Crippen molar-refractivity contribution in [2.75, 3.05) is 12.4 Å². The number of carbonyl (C=O) groups is 1. The molecule has 2 N–H and O–H groups in total. The summed E-state index contributed by atoms with van der Waals surface area (Å²) in [5.74, 6) is -0.193. The lowest BCUT2D eigenvalue weighted by Crippen LogP contribution is -2.29. The molecule has 7 heteroatoms. The number of ether oxygens (including phenoxy) is 1. The number of carboxylic acids is 1. The minimum atomic E-state index is -1.07. The Morgan fingerprint density at radius 3 is 2.64 bits per heavy atom. The minimum Gasteiger partial charge on any atom is -0.497 e. The van der Waals surface area contributed by atoms with Crippen LogP contribution in [0.15, 0.2) is 35.3 Å². The fourth-order valence-corrected chi connectivity index (χ4v) is 1.95. The van der Waals surface area contributed by atoms with Crippen LogP contribution in [-0.4, -0.2) is 27.7 Å². The Balaban J connectivity index is 2.15. The van der Waals surface area contributed by atoms with Gasteiger partial charge in [-0.05, 0) is 24.6 Å². The van der Waals surface area contributed by atoms with Crippen LogP contribution in [0, 0.1) is 6.92 Å². The SMILES string of the molecule is COc1ccc(CNc2ncc(C)n(CC(=O)O)c2=O)cc1. The van der Waals surface area contributed by atoms with Gasteiger partial charge in [-0.1, -0.05) is 12.1 Å². The van der Waals surface area contributed by atoms with Gasteiger partial charge in [0.25, 0.3) is 5.56 Å². The number of rotatable bonds is 6. The topological polar surface area (TPSA) is 93.4 Å². The Labute approximate surface area is 127 Å². The van der Waals surface area contributed by atoms with Gasteiger partial charge < -0.3 is 15.2 Å². The second-order valence-corrected chi connectivity index (χ2v) is 4.73. The van der Waals surface area contributed by atoms with Crippen LogP contribution < -0.4 is 15.6 Å². The maximum Gasteiger partial charge on any atom is 0.323 e. The summed E-state index contributed by atoms with van der Waals surface area (Å²) in [6.45, 7) is 1.66. The van der Waals surface area contributed by atoms with Gasteiger partial charge >= 0.3 is 5.97 Å². The molecule has 0 atom stereocenters. The molecule has 0 aliphatic carbocycles. The predicted octanol–water partition coefficient (Wildman–Crippen LogP) is 1.26. The number of hydrogen-bond donors (Lipinski definition) is 2. The lowest BCUT2D eigenvalue weighted by atomic mass is 10.2. The first-order valence-electron chi connectivity index (χ1n) is 6.66. The monoisotopic (exact) mass is 303 g/mol. The molecule has 0 fully saturated rings. The largest absolute Gasteiger partial charge is 0.497 e. The molecule has 0 unspecified atom stereocenters. The van der Waals surface area contributed by atoms with Crippen molar-refractivity contribution in [3.63, 3.8) is 0 Å². The zero-order valence-electron chi connectivity index (χ0n) is 12.4. The number of aryl methyl sites for hydroxylation is 1. The van der Waals surface area contributed by atoms with Crippen molar-refractivity contribution in [1.82, 2.24) is 9.55 Å². The Kier molecular flexibility index (Phi) is 4.77. The summed E-state index contributed by atoms with van der Waals surface area (Å²) >= 11 is 0. The average Bonchev–Trinajstić information content (AvgIpc) is 2.51. The van der Waals surface area contributed by atoms with Crippen LogP contribution in [0.5, 0.6) is 5.75 Å². The number of nitrogens with one attached hydrogen (secondary N) is 1. The number of aliphatic carboxylic acids is 1. The standard InChI is InChI=1S/C15H17N3O4/c1-10-7-16-14(15(21)18(10)9-13(19)20)17-8-11-3-5-12(22-2)6-4-11/h3-7H,8-9H2,1-2H3,(H,16,17)(H,19,20). The van der Waals surface area contributed by atoms with Crippen LogP contribution in [0.25, 0.3) is 0 Å². The Morgan fingerprint density at radius 2 is 2.05 bits per heavy atom. The van der Waals surface area contributed by atoms with E-state index in [9.17, 15) is 9.59 Å². The summed E-state index contributed by atoms with van der Waals surface area (Å²) in [5, 5.41) is 11.8. The van der Waals surface area contributed by atoms with Crippen LogP contribution in [0.1, 0.15) is 11.3 Å². The predicted molar refractivity (Wildman–Crippen MR) is 81.2 cm³/mol. The van der Waals surface area contributed by atoms with Crippen LogP contribution in [-0.2, 0) is 17.9 Å². The highest BCUT2D eigenvalue weighted by Gasteiger charge is 2.10. The molecule has 1 aromatic heterocycles. The molecule has 0 saturated heterocycles. The van der Waals surface area contributed by atoms with E-state index in [1.165, 1.54) is 10.8 Å². The Hall–Kier alpha value is -2.83. The maximum absolute atomic E-state index is 12.2. The third-order valence-corrected chi connectivity index (χ3v) is 3.17. The maximum atomic E-state index is 12.2. The first-order chi connectivity index (χ1) is 10.5. The van der Waals surface area contributed by atoms with E-state index in [0.717, 1.165) is 11.3 Å². The minimum absolute atomic E-state index is 0.127. The Bertz CT molecular complexity index is 723. The van der Waals surface area contributed by atoms with Crippen molar-refractivity contribution in [3.8, 4) is 5.75 Å². The number of carboxylic acid groups (broad SMARTS) is 1. The molecule has 116 valence electrons. The zero-order chi connectivity index (χ0) is 16.1. The van der Waals surface area contributed by atoms with Crippen molar-refractivity contribution in [2.45, 2.75) is 20.0 Å². The number of methoxy groups -OCH3 is 1. The molecular formula is C15H17N3O4. The molecule has 2 rings (SSSR count). The van der Waals surface area contributed by atoms with Crippen molar-refractivity contribution < 1.29 is 14.6 Å². The van der Waals surface area contributed by atoms with Gasteiger partial charge in [-0.25, -0.2) is 4.98 Å². The Morgan fingerprint density at radius 1 is 1.36 bits per heavy atom. The molecule has 22 heavy (non-hydrogen) atoms. The molecular weight excluding hydrogens is 286 g/mol. The number of anilines is 1. The van der Waals surface area contributed by atoms with E-state index in [0.29, 0.717) is 12.2 Å². The quantitative estimate of drug-likeness (QED) is 0.834. The van der Waals surface area contributed by atoms with E-state index in [4.69, 9.17) is 9.84 Å². The fraction of sp³-hybridized carbons (Fsp3) is 0.267. The highest BCUT2D eigenvalue weighted by Crippen LogP contribution is 2.12. The van der Waals surface area contributed by atoms with Gasteiger partial charge in [-0.2, -0.15) is 0 Å². The molecule has 0 bridgehead atoms.